The maximum absolute atomic E-state index is 12.2. The van der Waals surface area contributed by atoms with Gasteiger partial charge in [0.25, 0.3) is 0 Å². The Hall–Kier alpha value is -1.26. The van der Waals surface area contributed by atoms with Crippen molar-refractivity contribution in [1.29, 1.82) is 0 Å². The molecule has 18 heavy (non-hydrogen) atoms. The van der Waals surface area contributed by atoms with Gasteiger partial charge < -0.3 is 9.84 Å². The second-order valence-corrected chi connectivity index (χ2v) is 5.88. The molecule has 5 nitrogen and oxygen atoms in total. The molecule has 1 amide bonds. The van der Waals surface area contributed by atoms with E-state index in [1.807, 2.05) is 0 Å². The first-order chi connectivity index (χ1) is 7.95. The van der Waals surface area contributed by atoms with Gasteiger partial charge in [0.1, 0.15) is 11.1 Å². The predicted molar refractivity (Wildman–Crippen MR) is 69.5 cm³/mol. The normalized spacial score (nSPS) is 15.1. The van der Waals surface area contributed by atoms with Crippen LogP contribution < -0.4 is 0 Å². The van der Waals surface area contributed by atoms with Crippen molar-refractivity contribution < 1.29 is 19.4 Å². The minimum absolute atomic E-state index is 0.249. The summed E-state index contributed by atoms with van der Waals surface area (Å²) >= 11 is 0. The summed E-state index contributed by atoms with van der Waals surface area (Å²) in [6.07, 6.45) is -0.274. The van der Waals surface area contributed by atoms with E-state index in [9.17, 15) is 14.7 Å². The van der Waals surface area contributed by atoms with Crippen LogP contribution in [-0.2, 0) is 9.53 Å². The lowest BCUT2D eigenvalue weighted by Gasteiger charge is -2.40. The van der Waals surface area contributed by atoms with Crippen molar-refractivity contribution in [2.24, 2.45) is 0 Å². The summed E-state index contributed by atoms with van der Waals surface area (Å²) in [5, 5.41) is 9.35. The molecule has 1 atom stereocenters. The number of carboxylic acid groups (broad SMARTS) is 1. The first-order valence-electron chi connectivity index (χ1n) is 6.21. The van der Waals surface area contributed by atoms with Gasteiger partial charge in [-0.1, -0.05) is 6.92 Å². The quantitative estimate of drug-likeness (QED) is 0.843. The molecule has 1 unspecified atom stereocenters. The van der Waals surface area contributed by atoms with Gasteiger partial charge >= 0.3 is 12.1 Å². The highest BCUT2D eigenvalue weighted by atomic mass is 16.6. The van der Waals surface area contributed by atoms with Crippen LogP contribution in [-0.4, -0.2) is 39.3 Å². The van der Waals surface area contributed by atoms with Crippen molar-refractivity contribution in [2.75, 3.05) is 0 Å². The molecule has 0 fully saturated rings. The van der Waals surface area contributed by atoms with Crippen LogP contribution in [0.5, 0.6) is 0 Å². The number of carboxylic acids is 1. The van der Waals surface area contributed by atoms with E-state index < -0.39 is 23.2 Å². The van der Waals surface area contributed by atoms with Crippen molar-refractivity contribution in [2.45, 2.75) is 72.1 Å². The van der Waals surface area contributed by atoms with Crippen LogP contribution in [0.25, 0.3) is 0 Å². The molecule has 0 spiro atoms. The summed E-state index contributed by atoms with van der Waals surface area (Å²) in [7, 11) is 0. The molecule has 1 N–H and O–H groups in total. The summed E-state index contributed by atoms with van der Waals surface area (Å²) in [6.45, 7) is 12.1. The van der Waals surface area contributed by atoms with E-state index in [0.29, 0.717) is 6.42 Å². The monoisotopic (exact) mass is 259 g/mol. The first kappa shape index (κ1) is 16.7. The summed E-state index contributed by atoms with van der Waals surface area (Å²) in [6, 6.07) is -0.249. The fourth-order valence-corrected chi connectivity index (χ4v) is 1.72. The van der Waals surface area contributed by atoms with Crippen LogP contribution in [0, 0.1) is 0 Å². The van der Waals surface area contributed by atoms with Gasteiger partial charge in [-0.2, -0.15) is 0 Å². The smallest absolute Gasteiger partial charge is 0.411 e. The third-order valence-electron chi connectivity index (χ3n) is 2.79. The zero-order valence-corrected chi connectivity index (χ0v) is 12.4. The Morgan fingerprint density at radius 1 is 1.22 bits per heavy atom. The van der Waals surface area contributed by atoms with E-state index in [1.165, 1.54) is 4.90 Å². The molecule has 0 heterocycles. The van der Waals surface area contributed by atoms with Crippen molar-refractivity contribution in [1.82, 2.24) is 4.90 Å². The van der Waals surface area contributed by atoms with E-state index in [4.69, 9.17) is 4.74 Å². The summed E-state index contributed by atoms with van der Waals surface area (Å²) in [5.74, 6) is -1.02. The third-order valence-corrected chi connectivity index (χ3v) is 2.79. The molecule has 0 aliphatic rings. The number of rotatable bonds is 4. The Morgan fingerprint density at radius 2 is 1.67 bits per heavy atom. The lowest BCUT2D eigenvalue weighted by molar-refractivity contribution is -0.151. The van der Waals surface area contributed by atoms with Gasteiger partial charge in [0.05, 0.1) is 0 Å². The standard InChI is InChI=1S/C13H25NO4/c1-8-13(7,10(15)16)14(9(2)3)11(17)18-12(4,5)6/h9H,8H2,1-7H3,(H,15,16). The molecular weight excluding hydrogens is 234 g/mol. The highest BCUT2D eigenvalue weighted by Crippen LogP contribution is 2.25. The first-order valence-corrected chi connectivity index (χ1v) is 6.21. The maximum atomic E-state index is 12.2. The second-order valence-electron chi connectivity index (χ2n) is 5.88. The number of hydrogen-bond donors (Lipinski definition) is 1. The molecular formula is C13H25NO4. The van der Waals surface area contributed by atoms with Gasteiger partial charge in [-0.25, -0.2) is 9.59 Å². The lowest BCUT2D eigenvalue weighted by atomic mass is 9.95. The topological polar surface area (TPSA) is 66.8 Å². The van der Waals surface area contributed by atoms with Crippen LogP contribution in [0.15, 0.2) is 0 Å². The third kappa shape index (κ3) is 3.89. The molecule has 0 saturated heterocycles. The van der Waals surface area contributed by atoms with Crippen molar-refractivity contribution in [3.8, 4) is 0 Å². The summed E-state index contributed by atoms with van der Waals surface area (Å²) < 4.78 is 5.28. The van der Waals surface area contributed by atoms with Crippen LogP contribution in [0.1, 0.15) is 54.9 Å². The SMILES string of the molecule is CCC(C)(C(=O)O)N(C(=O)OC(C)(C)C)C(C)C. The summed E-state index contributed by atoms with van der Waals surface area (Å²) in [5.41, 5.74) is -1.89. The Labute approximate surface area is 109 Å². The molecule has 106 valence electrons. The van der Waals surface area contributed by atoms with Crippen LogP contribution in [0.3, 0.4) is 0 Å². The molecule has 0 aromatic heterocycles. The molecule has 0 aromatic rings. The average Bonchev–Trinajstić information content (AvgIpc) is 2.13. The number of aliphatic carboxylic acids is 1. The Bertz CT molecular complexity index is 319. The fraction of sp³-hybridized carbons (Fsp3) is 0.846. The van der Waals surface area contributed by atoms with Crippen molar-refractivity contribution in [3.05, 3.63) is 0 Å². The minimum atomic E-state index is -1.25. The van der Waals surface area contributed by atoms with Crippen molar-refractivity contribution >= 4 is 12.1 Å². The van der Waals surface area contributed by atoms with Gasteiger partial charge in [-0.3, -0.25) is 4.90 Å². The molecule has 0 rings (SSSR count). The Morgan fingerprint density at radius 3 is 1.89 bits per heavy atom. The van der Waals surface area contributed by atoms with Crippen LogP contribution in [0.4, 0.5) is 4.79 Å². The number of nitrogens with zero attached hydrogens (tertiary/aromatic N) is 1. The Kier molecular flexibility index (Phi) is 5.20. The highest BCUT2D eigenvalue weighted by Gasteiger charge is 2.44. The maximum Gasteiger partial charge on any atom is 0.411 e. The summed E-state index contributed by atoms with van der Waals surface area (Å²) in [4.78, 5) is 24.9. The molecule has 0 aliphatic heterocycles. The van der Waals surface area contributed by atoms with E-state index in [-0.39, 0.29) is 6.04 Å². The largest absolute Gasteiger partial charge is 0.480 e. The van der Waals surface area contributed by atoms with E-state index in [1.54, 1.807) is 48.5 Å². The average molecular weight is 259 g/mol. The number of ether oxygens (including phenoxy) is 1. The number of amides is 1. The molecule has 0 bridgehead atoms. The molecule has 5 heteroatoms. The number of carbonyl (C=O) groups excluding carboxylic acids is 1. The zero-order valence-electron chi connectivity index (χ0n) is 12.4. The molecule has 0 radical (unpaired) electrons. The predicted octanol–water partition coefficient (Wildman–Crippen LogP) is 2.89. The Balaban J connectivity index is 5.32. The number of carbonyl (C=O) groups is 2. The highest BCUT2D eigenvalue weighted by molar-refractivity contribution is 5.84. The van der Waals surface area contributed by atoms with Gasteiger partial charge in [0.15, 0.2) is 0 Å². The zero-order chi connectivity index (χ0) is 14.7. The fourth-order valence-electron chi connectivity index (χ4n) is 1.72. The van der Waals surface area contributed by atoms with Crippen LogP contribution in [0.2, 0.25) is 0 Å². The molecule has 0 aromatic carbocycles. The molecule has 0 aliphatic carbocycles. The van der Waals surface area contributed by atoms with E-state index in [0.717, 1.165) is 0 Å². The van der Waals surface area contributed by atoms with Crippen molar-refractivity contribution in [3.63, 3.8) is 0 Å². The number of hydrogen-bond acceptors (Lipinski definition) is 3. The lowest BCUT2D eigenvalue weighted by Crippen LogP contribution is -2.58. The van der Waals surface area contributed by atoms with Crippen LogP contribution >= 0.6 is 0 Å². The van der Waals surface area contributed by atoms with Gasteiger partial charge in [-0.15, -0.1) is 0 Å². The van der Waals surface area contributed by atoms with E-state index >= 15 is 0 Å². The van der Waals surface area contributed by atoms with Gasteiger partial charge in [-0.05, 0) is 48.0 Å². The van der Waals surface area contributed by atoms with Gasteiger partial charge in [0.2, 0.25) is 0 Å². The minimum Gasteiger partial charge on any atom is -0.480 e. The van der Waals surface area contributed by atoms with Gasteiger partial charge in [0, 0.05) is 6.04 Å². The second kappa shape index (κ2) is 5.59. The van der Waals surface area contributed by atoms with E-state index in [2.05, 4.69) is 0 Å². The molecule has 0 saturated carbocycles.